The van der Waals surface area contributed by atoms with E-state index in [2.05, 4.69) is 14.5 Å². The van der Waals surface area contributed by atoms with E-state index in [0.717, 1.165) is 51.3 Å². The highest BCUT2D eigenvalue weighted by atomic mass is 19.2. The van der Waals surface area contributed by atoms with Crippen molar-refractivity contribution < 1.29 is 18.1 Å². The summed E-state index contributed by atoms with van der Waals surface area (Å²) in [6.45, 7) is 0. The molecule has 0 aromatic heterocycles. The summed E-state index contributed by atoms with van der Waals surface area (Å²) in [6.07, 6.45) is 7.04. The minimum atomic E-state index is -3.08. The molecule has 0 amide bonds. The maximum Gasteiger partial charge on any atom is 0.796 e. The van der Waals surface area contributed by atoms with Crippen molar-refractivity contribution in [3.63, 3.8) is 0 Å². The number of nitrogens with zero attached hydrogens (tertiary/aromatic N) is 2. The number of ketones is 1. The molecule has 7 heteroatoms. The third-order valence-electron chi connectivity index (χ3n) is 7.75. The first-order chi connectivity index (χ1) is 24.5. The van der Waals surface area contributed by atoms with Gasteiger partial charge in [-0.2, -0.15) is 0 Å². The average molecular weight is 659 g/mol. The van der Waals surface area contributed by atoms with Crippen LogP contribution in [-0.4, -0.2) is 13.3 Å². The summed E-state index contributed by atoms with van der Waals surface area (Å²) >= 11 is 0. The van der Waals surface area contributed by atoms with Crippen molar-refractivity contribution in [3.8, 4) is 0 Å². The van der Waals surface area contributed by atoms with Crippen LogP contribution in [0.15, 0.2) is 194 Å². The zero-order valence-electron chi connectivity index (χ0n) is 27.1. The standard InChI is InChI=1S/C43H33BF2N2O2/c45-44(46)50-43(32-26-35-23-29-41(30-24-35)48(38-17-9-3-10-18-38)39-19-11-4-12-20-39)33-42(49)31-25-34-21-27-40(28-22-34)47(36-13-5-1-6-14-36)37-15-7-2-8-16-37/h1-33H/b31-25+,32-26+,43-33-. The summed E-state index contributed by atoms with van der Waals surface area (Å²) in [6, 6.07) is 55.5. The molecule has 0 N–H and O–H groups in total. The Morgan fingerprint density at radius 2 is 0.780 bits per heavy atom. The van der Waals surface area contributed by atoms with Gasteiger partial charge in [0.25, 0.3) is 0 Å². The Labute approximate surface area is 291 Å². The molecule has 0 aliphatic heterocycles. The van der Waals surface area contributed by atoms with E-state index in [9.17, 15) is 13.4 Å². The molecule has 4 nitrogen and oxygen atoms in total. The van der Waals surface area contributed by atoms with Crippen molar-refractivity contribution in [1.82, 2.24) is 0 Å². The van der Waals surface area contributed by atoms with Gasteiger partial charge in [-0.3, -0.25) is 4.79 Å². The molecule has 0 heterocycles. The Kier molecular flexibility index (Phi) is 11.1. The van der Waals surface area contributed by atoms with Crippen LogP contribution in [0, 0.1) is 0 Å². The van der Waals surface area contributed by atoms with Gasteiger partial charge in [0.1, 0.15) is 5.76 Å². The number of anilines is 6. The normalized spacial score (nSPS) is 11.4. The van der Waals surface area contributed by atoms with Crippen LogP contribution in [0.1, 0.15) is 11.1 Å². The van der Waals surface area contributed by atoms with Gasteiger partial charge < -0.3 is 14.5 Å². The van der Waals surface area contributed by atoms with Gasteiger partial charge in [-0.25, -0.2) is 8.63 Å². The number of benzene rings is 6. The molecule has 0 unspecified atom stereocenters. The zero-order chi connectivity index (χ0) is 34.5. The Morgan fingerprint density at radius 1 is 0.460 bits per heavy atom. The molecular formula is C43H33BF2N2O2. The van der Waals surface area contributed by atoms with Gasteiger partial charge in [0.15, 0.2) is 5.78 Å². The molecule has 0 radical (unpaired) electrons. The second-order valence-corrected chi connectivity index (χ2v) is 11.2. The number of rotatable bonds is 13. The second-order valence-electron chi connectivity index (χ2n) is 11.2. The summed E-state index contributed by atoms with van der Waals surface area (Å²) in [5, 5.41) is 0. The molecule has 0 spiro atoms. The van der Waals surface area contributed by atoms with Gasteiger partial charge in [0, 0.05) is 40.2 Å². The minimum Gasteiger partial charge on any atom is -0.505 e. The van der Waals surface area contributed by atoms with E-state index in [0.29, 0.717) is 0 Å². The fraction of sp³-hybridized carbons (Fsp3) is 0. The van der Waals surface area contributed by atoms with Gasteiger partial charge in [-0.1, -0.05) is 109 Å². The number of carbonyl (C=O) groups excluding carboxylic acids is 1. The number of hydrogen-bond donors (Lipinski definition) is 0. The lowest BCUT2D eigenvalue weighted by Gasteiger charge is -2.25. The van der Waals surface area contributed by atoms with Crippen LogP contribution in [0.2, 0.25) is 0 Å². The molecule has 0 atom stereocenters. The van der Waals surface area contributed by atoms with Crippen molar-refractivity contribution in [2.45, 2.75) is 0 Å². The summed E-state index contributed by atoms with van der Waals surface area (Å²) in [5.41, 5.74) is 7.44. The first-order valence-corrected chi connectivity index (χ1v) is 16.1. The third-order valence-corrected chi connectivity index (χ3v) is 7.75. The summed E-state index contributed by atoms with van der Waals surface area (Å²) < 4.78 is 31.2. The number of halogens is 2. The number of carbonyl (C=O) groups is 1. The van der Waals surface area contributed by atoms with E-state index in [4.69, 9.17) is 0 Å². The number of para-hydroxylation sites is 4. The summed E-state index contributed by atoms with van der Waals surface area (Å²) in [4.78, 5) is 17.1. The Hall–Kier alpha value is -6.47. The molecule has 6 aromatic rings. The van der Waals surface area contributed by atoms with Crippen molar-refractivity contribution >= 4 is 59.5 Å². The van der Waals surface area contributed by atoms with Crippen LogP contribution in [0.25, 0.3) is 12.2 Å². The highest BCUT2D eigenvalue weighted by Crippen LogP contribution is 2.35. The molecule has 244 valence electrons. The summed E-state index contributed by atoms with van der Waals surface area (Å²) in [5.74, 6) is -0.730. The van der Waals surface area contributed by atoms with Crippen molar-refractivity contribution in [2.75, 3.05) is 9.80 Å². The van der Waals surface area contributed by atoms with E-state index in [1.807, 2.05) is 170 Å². The first kappa shape index (κ1) is 33.4. The smallest absolute Gasteiger partial charge is 0.505 e. The molecule has 6 rings (SSSR count). The fourth-order valence-corrected chi connectivity index (χ4v) is 5.44. The molecule has 0 bridgehead atoms. The Balaban J connectivity index is 1.16. The maximum atomic E-state index is 13.3. The van der Waals surface area contributed by atoms with E-state index >= 15 is 0 Å². The molecule has 0 fully saturated rings. The topological polar surface area (TPSA) is 32.8 Å². The van der Waals surface area contributed by atoms with Gasteiger partial charge in [-0.05, 0) is 96.1 Å². The predicted molar refractivity (Wildman–Crippen MR) is 202 cm³/mol. The minimum absolute atomic E-state index is 0.245. The second kappa shape index (κ2) is 16.6. The molecule has 0 saturated carbocycles. The molecular weight excluding hydrogens is 625 g/mol. The van der Waals surface area contributed by atoms with Crippen LogP contribution in [-0.2, 0) is 9.45 Å². The predicted octanol–water partition coefficient (Wildman–Crippen LogP) is 11.7. The lowest BCUT2D eigenvalue weighted by atomic mass is 10.1. The monoisotopic (exact) mass is 658 g/mol. The van der Waals surface area contributed by atoms with Gasteiger partial charge in [0.2, 0.25) is 0 Å². The van der Waals surface area contributed by atoms with Crippen molar-refractivity contribution in [1.29, 1.82) is 0 Å². The highest BCUT2D eigenvalue weighted by molar-refractivity contribution is 6.35. The van der Waals surface area contributed by atoms with E-state index < -0.39 is 13.3 Å². The maximum absolute atomic E-state index is 13.3. The van der Waals surface area contributed by atoms with Crippen LogP contribution in [0.4, 0.5) is 42.8 Å². The highest BCUT2D eigenvalue weighted by Gasteiger charge is 2.19. The Morgan fingerprint density at radius 3 is 1.12 bits per heavy atom. The van der Waals surface area contributed by atoms with Crippen molar-refractivity contribution in [3.05, 3.63) is 205 Å². The van der Waals surface area contributed by atoms with Gasteiger partial charge in [0.05, 0.1) is 0 Å². The molecule has 0 aliphatic rings. The molecule has 0 aliphatic carbocycles. The molecule has 0 saturated heterocycles. The van der Waals surface area contributed by atoms with E-state index in [1.165, 1.54) is 12.2 Å². The number of allylic oxidation sites excluding steroid dienone is 3. The van der Waals surface area contributed by atoms with Crippen LogP contribution < -0.4 is 9.80 Å². The molecule has 50 heavy (non-hydrogen) atoms. The largest absolute Gasteiger partial charge is 0.796 e. The molecule has 6 aromatic carbocycles. The van der Waals surface area contributed by atoms with Crippen molar-refractivity contribution in [2.24, 2.45) is 0 Å². The van der Waals surface area contributed by atoms with Crippen LogP contribution >= 0.6 is 0 Å². The van der Waals surface area contributed by atoms with Crippen LogP contribution in [0.3, 0.4) is 0 Å². The first-order valence-electron chi connectivity index (χ1n) is 16.1. The quantitative estimate of drug-likeness (QED) is 0.0535. The van der Waals surface area contributed by atoms with Gasteiger partial charge >= 0.3 is 7.47 Å². The lowest BCUT2D eigenvalue weighted by Crippen LogP contribution is -2.09. The SMILES string of the molecule is O=C(/C=C(/C=C/c1ccc(N(c2ccccc2)c2ccccc2)cc1)OB(F)F)/C=C/c1ccc(N(c2ccccc2)c2ccccc2)cc1. The lowest BCUT2D eigenvalue weighted by molar-refractivity contribution is -0.110. The fourth-order valence-electron chi connectivity index (χ4n) is 5.44. The number of hydrogen-bond acceptors (Lipinski definition) is 4. The zero-order valence-corrected chi connectivity index (χ0v) is 27.1. The van der Waals surface area contributed by atoms with Crippen LogP contribution in [0.5, 0.6) is 0 Å². The third kappa shape index (κ3) is 8.91. The Bertz CT molecular complexity index is 1970. The van der Waals surface area contributed by atoms with E-state index in [-0.39, 0.29) is 5.76 Å². The van der Waals surface area contributed by atoms with E-state index in [1.54, 1.807) is 12.2 Å². The average Bonchev–Trinajstić information content (AvgIpc) is 3.16. The summed E-state index contributed by atoms with van der Waals surface area (Å²) in [7, 11) is -3.08. The van der Waals surface area contributed by atoms with Gasteiger partial charge in [-0.15, -0.1) is 0 Å².